The lowest BCUT2D eigenvalue weighted by molar-refractivity contribution is 0.269. The first-order valence-corrected chi connectivity index (χ1v) is 13.0. The maximum Gasteiger partial charge on any atom is 0.340 e. The molecule has 1 heterocycles. The van der Waals surface area contributed by atoms with Crippen LogP contribution < -0.4 is 14.2 Å². The van der Waals surface area contributed by atoms with Crippen molar-refractivity contribution in [2.75, 3.05) is 31.3 Å². The molecule has 164 valence electrons. The standard InChI is InChI=1S/C14H16Cl2F2NO7PS2/c1-7-8-9(17)11(25-4-2-15)12(26-5-3-16)10(18)13(8)28-14(7)29(23,24)19-6-27(20,21)22/h19H,2-6H2,1H3,(H2,20,21,22). The smallest absolute Gasteiger partial charge is 0.340 e. The van der Waals surface area contributed by atoms with Crippen LogP contribution in [-0.2, 0) is 14.6 Å². The molecule has 0 radical (unpaired) electrons. The average molecular weight is 514 g/mol. The third-order valence-corrected chi connectivity index (χ3v) is 7.88. The highest BCUT2D eigenvalue weighted by atomic mass is 35.5. The van der Waals surface area contributed by atoms with Gasteiger partial charge in [0, 0.05) is 5.39 Å². The maximum absolute atomic E-state index is 15.1. The molecule has 29 heavy (non-hydrogen) atoms. The van der Waals surface area contributed by atoms with Gasteiger partial charge in [0.15, 0.2) is 11.6 Å². The van der Waals surface area contributed by atoms with Crippen molar-refractivity contribution in [2.24, 2.45) is 0 Å². The minimum atomic E-state index is -4.69. The average Bonchev–Trinajstić information content (AvgIpc) is 2.99. The summed E-state index contributed by atoms with van der Waals surface area (Å²) in [6.45, 7) is 0.900. The highest BCUT2D eigenvalue weighted by Crippen LogP contribution is 2.46. The van der Waals surface area contributed by atoms with Gasteiger partial charge in [-0.1, -0.05) is 0 Å². The number of sulfonamides is 1. The van der Waals surface area contributed by atoms with Gasteiger partial charge in [0.05, 0.1) is 16.5 Å². The van der Waals surface area contributed by atoms with Gasteiger partial charge in [-0.25, -0.2) is 17.2 Å². The van der Waals surface area contributed by atoms with Crippen LogP contribution >= 0.6 is 42.1 Å². The Morgan fingerprint density at radius 2 is 1.62 bits per heavy atom. The van der Waals surface area contributed by atoms with Crippen LogP contribution in [0.2, 0.25) is 0 Å². The van der Waals surface area contributed by atoms with Crippen molar-refractivity contribution in [3.63, 3.8) is 0 Å². The van der Waals surface area contributed by atoms with Crippen LogP contribution in [0.3, 0.4) is 0 Å². The zero-order valence-corrected chi connectivity index (χ0v) is 18.8. The van der Waals surface area contributed by atoms with Gasteiger partial charge < -0.3 is 19.3 Å². The van der Waals surface area contributed by atoms with E-state index in [0.717, 1.165) is 0 Å². The van der Waals surface area contributed by atoms with Gasteiger partial charge in [-0.3, -0.25) is 4.57 Å². The van der Waals surface area contributed by atoms with Gasteiger partial charge in [0.2, 0.25) is 11.5 Å². The van der Waals surface area contributed by atoms with Crippen LogP contribution in [-0.4, -0.2) is 49.5 Å². The molecule has 0 fully saturated rings. The second kappa shape index (κ2) is 9.61. The van der Waals surface area contributed by atoms with Crippen molar-refractivity contribution in [3.8, 4) is 11.5 Å². The molecule has 0 saturated carbocycles. The van der Waals surface area contributed by atoms with Crippen LogP contribution in [0.25, 0.3) is 10.1 Å². The molecule has 0 unspecified atom stereocenters. The minimum absolute atomic E-state index is 0.0244. The van der Waals surface area contributed by atoms with Gasteiger partial charge in [-0.15, -0.1) is 34.5 Å². The van der Waals surface area contributed by atoms with E-state index in [1.165, 1.54) is 6.92 Å². The molecule has 0 aliphatic carbocycles. The van der Waals surface area contributed by atoms with E-state index in [1.807, 2.05) is 0 Å². The van der Waals surface area contributed by atoms with Crippen LogP contribution in [0.4, 0.5) is 8.78 Å². The summed E-state index contributed by atoms with van der Waals surface area (Å²) in [6.07, 6.45) is -1.16. The lowest BCUT2D eigenvalue weighted by Crippen LogP contribution is -2.24. The Hall–Kier alpha value is -0.720. The summed E-state index contributed by atoms with van der Waals surface area (Å²) >= 11 is 11.4. The van der Waals surface area contributed by atoms with E-state index < -0.39 is 51.2 Å². The number of hydrogen-bond donors (Lipinski definition) is 3. The lowest BCUT2D eigenvalue weighted by atomic mass is 10.1. The Morgan fingerprint density at radius 1 is 1.10 bits per heavy atom. The van der Waals surface area contributed by atoms with E-state index in [4.69, 9.17) is 42.5 Å². The van der Waals surface area contributed by atoms with Gasteiger partial charge in [-0.05, 0) is 12.5 Å². The number of ether oxygens (including phenoxy) is 2. The summed E-state index contributed by atoms with van der Waals surface area (Å²) in [5, 5.41) is -0.355. The molecule has 1 aromatic heterocycles. The summed E-state index contributed by atoms with van der Waals surface area (Å²) in [5.41, 5.74) is -0.153. The second-order valence-electron chi connectivity index (χ2n) is 5.55. The van der Waals surface area contributed by atoms with Gasteiger partial charge in [0.25, 0.3) is 10.0 Å². The zero-order valence-electron chi connectivity index (χ0n) is 14.7. The Labute approximate surface area is 178 Å². The fraction of sp³-hybridized carbons (Fsp3) is 0.429. The molecule has 0 aliphatic heterocycles. The Morgan fingerprint density at radius 3 is 2.10 bits per heavy atom. The molecule has 0 atom stereocenters. The predicted octanol–water partition coefficient (Wildman–Crippen LogP) is 3.14. The molecule has 2 aromatic rings. The summed E-state index contributed by atoms with van der Waals surface area (Å²) in [6, 6.07) is 0. The van der Waals surface area contributed by atoms with E-state index in [1.54, 1.807) is 4.72 Å². The van der Waals surface area contributed by atoms with Crippen molar-refractivity contribution in [3.05, 3.63) is 17.2 Å². The van der Waals surface area contributed by atoms with E-state index in [-0.39, 0.29) is 40.6 Å². The molecule has 1 aromatic carbocycles. The van der Waals surface area contributed by atoms with Crippen molar-refractivity contribution >= 4 is 62.2 Å². The molecule has 0 bridgehead atoms. The number of fused-ring (bicyclic) bond motifs is 1. The van der Waals surface area contributed by atoms with E-state index in [9.17, 15) is 13.0 Å². The molecule has 2 rings (SSSR count). The van der Waals surface area contributed by atoms with E-state index in [2.05, 4.69) is 0 Å². The van der Waals surface area contributed by atoms with Crippen LogP contribution in [0, 0.1) is 18.6 Å². The Balaban J connectivity index is 2.69. The largest absolute Gasteiger partial charge is 0.486 e. The maximum atomic E-state index is 15.1. The summed E-state index contributed by atoms with van der Waals surface area (Å²) in [5.74, 6) is -3.31. The molecule has 0 spiro atoms. The fourth-order valence-electron chi connectivity index (χ4n) is 2.36. The van der Waals surface area contributed by atoms with Crippen molar-refractivity contribution in [1.82, 2.24) is 4.72 Å². The quantitative estimate of drug-likeness (QED) is 0.329. The van der Waals surface area contributed by atoms with Gasteiger partial charge >= 0.3 is 7.60 Å². The summed E-state index contributed by atoms with van der Waals surface area (Å²) in [4.78, 5) is 17.8. The molecule has 8 nitrogen and oxygen atoms in total. The molecular weight excluding hydrogens is 498 g/mol. The third kappa shape index (κ3) is 5.50. The summed E-state index contributed by atoms with van der Waals surface area (Å²) < 4.78 is 77.1. The number of rotatable bonds is 10. The minimum Gasteiger partial charge on any atom is -0.486 e. The monoisotopic (exact) mass is 513 g/mol. The van der Waals surface area contributed by atoms with Crippen LogP contribution in [0.15, 0.2) is 4.21 Å². The normalized spacial score (nSPS) is 12.5. The van der Waals surface area contributed by atoms with Gasteiger partial charge in [-0.2, -0.15) is 4.72 Å². The highest BCUT2D eigenvalue weighted by Gasteiger charge is 2.31. The number of hydrogen-bond acceptors (Lipinski definition) is 6. The summed E-state index contributed by atoms with van der Waals surface area (Å²) in [7, 11) is -9.15. The molecule has 0 aliphatic rings. The molecule has 0 amide bonds. The Kier molecular flexibility index (Phi) is 8.13. The van der Waals surface area contributed by atoms with Crippen LogP contribution in [0.1, 0.15) is 5.56 Å². The van der Waals surface area contributed by atoms with Crippen molar-refractivity contribution in [2.45, 2.75) is 11.1 Å². The van der Waals surface area contributed by atoms with Crippen molar-refractivity contribution < 1.29 is 41.0 Å². The number of nitrogens with one attached hydrogen (secondary N) is 1. The first-order chi connectivity index (χ1) is 13.4. The van der Waals surface area contributed by atoms with Gasteiger partial charge in [0.1, 0.15) is 23.7 Å². The lowest BCUT2D eigenvalue weighted by Gasteiger charge is -2.14. The number of aryl methyl sites for hydroxylation is 1. The molecule has 0 saturated heterocycles. The van der Waals surface area contributed by atoms with Crippen molar-refractivity contribution in [1.29, 1.82) is 0 Å². The zero-order chi connectivity index (χ0) is 22.0. The first-order valence-electron chi connectivity index (χ1n) is 7.80. The number of alkyl halides is 2. The fourth-order valence-corrected chi connectivity index (χ4v) is 6.33. The van der Waals surface area contributed by atoms with E-state index >= 15 is 8.78 Å². The van der Waals surface area contributed by atoms with Crippen LogP contribution in [0.5, 0.6) is 11.5 Å². The number of thiophene rings is 1. The third-order valence-electron chi connectivity index (χ3n) is 3.48. The molecular formula is C14H16Cl2F2NO7PS2. The topological polar surface area (TPSA) is 122 Å². The number of halogens is 4. The highest BCUT2D eigenvalue weighted by molar-refractivity contribution is 7.92. The SMILES string of the molecule is Cc1c(S(=O)(=O)NCP(=O)(O)O)sc2c(F)c(OCCCl)c(OCCCl)c(F)c12. The molecule has 15 heteroatoms. The predicted molar refractivity (Wildman–Crippen MR) is 106 cm³/mol. The molecule has 3 N–H and O–H groups in total. The second-order valence-corrected chi connectivity index (χ2v) is 10.9. The Bertz CT molecular complexity index is 1060. The first kappa shape index (κ1) is 24.5. The number of benzene rings is 1. The van der Waals surface area contributed by atoms with E-state index in [0.29, 0.717) is 11.3 Å².